The second kappa shape index (κ2) is 29.7. The summed E-state index contributed by atoms with van der Waals surface area (Å²) < 4.78 is 11.5. The van der Waals surface area contributed by atoms with Gasteiger partial charge in [0, 0.05) is 47.9 Å². The molecule has 17 nitrogen and oxygen atoms in total. The Morgan fingerprint density at radius 3 is 1.88 bits per heavy atom. The molecular formula is C56H80N8O9. The first-order valence-corrected chi connectivity index (χ1v) is 25.8. The highest BCUT2D eigenvalue weighted by molar-refractivity contribution is 5.99. The van der Waals surface area contributed by atoms with E-state index in [2.05, 4.69) is 49.1 Å². The Balaban J connectivity index is 1.27. The smallest absolute Gasteiger partial charge is 0.251 e. The number of nitrogens with zero attached hydrogens (tertiary/aromatic N) is 1. The van der Waals surface area contributed by atoms with Gasteiger partial charge in [0.1, 0.15) is 35.4 Å². The number of nitrogens with one attached hydrogen (secondary N) is 7. The lowest BCUT2D eigenvalue weighted by Crippen LogP contribution is -2.55. The number of unbranched alkanes of at least 4 members (excludes halogenated alkanes) is 1. The number of benzene rings is 3. The van der Waals surface area contributed by atoms with Gasteiger partial charge < -0.3 is 51.8 Å². The average Bonchev–Trinajstić information content (AvgIpc) is 3.36. The zero-order chi connectivity index (χ0) is 53.6. The molecule has 0 bridgehead atoms. The minimum absolute atomic E-state index is 0.0598. The van der Waals surface area contributed by atoms with E-state index < -0.39 is 53.9 Å². The van der Waals surface area contributed by atoms with Crippen LogP contribution in [0.25, 0.3) is 10.9 Å². The van der Waals surface area contributed by atoms with E-state index in [1.54, 1.807) is 68.8 Å². The standard InChI is InChI=1S/C56H80N8O9/c1-11-13-26-57-49(66)33-48(65)45(29-34(3)4)62-56(71)50(36(7)12-2)64-54(69)40-20-24-43(25-21-40)73-42-22-18-39(19-23-42)53(68)63-47(30-35(5)6)55(70)61-38(9)52(67)59-28-14-16-37(8)60-46-32-44(72-10)31-41-17-15-27-58-51(41)46/h15,17-25,27,31-32,34-38,45,47-48,50,60,65H,11-14,16,26,28-30,33H2,1-10H3,(H,57,66)(H,59,67)(H,61,70)(H,62,71)(H,63,68)(H,64,69)/t36-,37?,38-,45-,47-,48-,50-/m0/s1. The SMILES string of the molecule is CCCCNC(=O)C[C@H](O)[C@H](CC(C)C)NC(=O)[C@@H](NC(=O)c1ccc(Oc2ccc(C(=O)N[C@@H](CC(C)C)C(=O)N[C@@H](C)C(=O)NCCCC(C)Nc3cc(OC)cc4cccnc34)cc2)cc1)[C@@H](C)CC. The second-order valence-electron chi connectivity index (χ2n) is 19.8. The third-order valence-corrected chi connectivity index (χ3v) is 12.5. The molecule has 0 aliphatic rings. The van der Waals surface area contributed by atoms with Crippen LogP contribution in [0.2, 0.25) is 0 Å². The molecule has 8 N–H and O–H groups in total. The van der Waals surface area contributed by atoms with Gasteiger partial charge in [0.25, 0.3) is 11.8 Å². The molecule has 1 unspecified atom stereocenters. The first-order chi connectivity index (χ1) is 34.8. The van der Waals surface area contributed by atoms with Crippen molar-refractivity contribution in [2.24, 2.45) is 17.8 Å². The van der Waals surface area contributed by atoms with Gasteiger partial charge in [-0.15, -0.1) is 0 Å². The number of aliphatic hydroxyl groups excluding tert-OH is 1. The van der Waals surface area contributed by atoms with Gasteiger partial charge in [-0.25, -0.2) is 0 Å². The summed E-state index contributed by atoms with van der Waals surface area (Å²) in [4.78, 5) is 84.2. The van der Waals surface area contributed by atoms with Crippen molar-refractivity contribution in [3.8, 4) is 17.2 Å². The summed E-state index contributed by atoms with van der Waals surface area (Å²) in [6, 6.07) is 17.3. The van der Waals surface area contributed by atoms with Gasteiger partial charge >= 0.3 is 0 Å². The fourth-order valence-corrected chi connectivity index (χ4v) is 8.14. The first kappa shape index (κ1) is 58.8. The Hall–Kier alpha value is -6.75. The van der Waals surface area contributed by atoms with E-state index in [0.29, 0.717) is 61.4 Å². The second-order valence-corrected chi connectivity index (χ2v) is 19.8. The van der Waals surface area contributed by atoms with Gasteiger partial charge in [0.15, 0.2) is 0 Å². The number of pyridine rings is 1. The van der Waals surface area contributed by atoms with Crippen LogP contribution in [0.15, 0.2) is 79.0 Å². The molecule has 1 aromatic heterocycles. The molecule has 7 atom stereocenters. The van der Waals surface area contributed by atoms with E-state index in [-0.39, 0.29) is 42.0 Å². The highest BCUT2D eigenvalue weighted by Crippen LogP contribution is 2.29. The number of rotatable bonds is 30. The Morgan fingerprint density at radius 1 is 0.671 bits per heavy atom. The molecule has 0 saturated carbocycles. The molecule has 4 rings (SSSR count). The molecule has 0 radical (unpaired) electrons. The van der Waals surface area contributed by atoms with Crippen molar-refractivity contribution in [1.82, 2.24) is 36.9 Å². The van der Waals surface area contributed by atoms with Gasteiger partial charge in [-0.1, -0.05) is 67.4 Å². The third-order valence-electron chi connectivity index (χ3n) is 12.5. The van der Waals surface area contributed by atoms with Gasteiger partial charge in [-0.2, -0.15) is 0 Å². The summed E-state index contributed by atoms with van der Waals surface area (Å²) >= 11 is 0. The lowest BCUT2D eigenvalue weighted by atomic mass is 9.94. The predicted octanol–water partition coefficient (Wildman–Crippen LogP) is 7.42. The Bertz CT molecular complexity index is 2410. The maximum absolute atomic E-state index is 13.7. The van der Waals surface area contributed by atoms with E-state index >= 15 is 0 Å². The number of carbonyl (C=O) groups is 6. The quantitative estimate of drug-likeness (QED) is 0.0239. The fourth-order valence-electron chi connectivity index (χ4n) is 8.14. The molecule has 73 heavy (non-hydrogen) atoms. The number of anilines is 1. The molecular weight excluding hydrogens is 929 g/mol. The van der Waals surface area contributed by atoms with Crippen molar-refractivity contribution in [2.75, 3.05) is 25.5 Å². The van der Waals surface area contributed by atoms with Gasteiger partial charge in [0.05, 0.1) is 36.9 Å². The van der Waals surface area contributed by atoms with Crippen molar-refractivity contribution in [2.45, 2.75) is 150 Å². The van der Waals surface area contributed by atoms with Crippen LogP contribution < -0.4 is 46.7 Å². The average molecular weight is 1010 g/mol. The van der Waals surface area contributed by atoms with E-state index in [1.165, 1.54) is 0 Å². The van der Waals surface area contributed by atoms with Crippen molar-refractivity contribution in [3.63, 3.8) is 0 Å². The maximum Gasteiger partial charge on any atom is 0.251 e. The summed E-state index contributed by atoms with van der Waals surface area (Å²) in [5, 5.41) is 32.6. The number of aromatic nitrogens is 1. The van der Waals surface area contributed by atoms with Crippen LogP contribution in [0.1, 0.15) is 134 Å². The summed E-state index contributed by atoms with van der Waals surface area (Å²) in [6.45, 7) is 18.2. The summed E-state index contributed by atoms with van der Waals surface area (Å²) in [5.74, 6) is -0.953. The molecule has 0 aliphatic carbocycles. The Labute approximate surface area is 431 Å². The summed E-state index contributed by atoms with van der Waals surface area (Å²) in [6.07, 6.45) is 5.10. The number of hydrogen-bond donors (Lipinski definition) is 8. The number of methoxy groups -OCH3 is 1. The molecule has 4 aromatic rings. The number of amides is 6. The van der Waals surface area contributed by atoms with E-state index in [9.17, 15) is 33.9 Å². The lowest BCUT2D eigenvalue weighted by Gasteiger charge is -2.30. The highest BCUT2D eigenvalue weighted by atomic mass is 16.5. The summed E-state index contributed by atoms with van der Waals surface area (Å²) in [7, 11) is 1.63. The van der Waals surface area contributed by atoms with Gasteiger partial charge in [-0.3, -0.25) is 33.8 Å². The van der Waals surface area contributed by atoms with Crippen molar-refractivity contribution in [1.29, 1.82) is 0 Å². The zero-order valence-electron chi connectivity index (χ0n) is 44.4. The van der Waals surface area contributed by atoms with Crippen LogP contribution in [0.3, 0.4) is 0 Å². The lowest BCUT2D eigenvalue weighted by molar-refractivity contribution is -0.129. The molecule has 0 saturated heterocycles. The predicted molar refractivity (Wildman–Crippen MR) is 286 cm³/mol. The molecule has 1 heterocycles. The molecule has 0 fully saturated rings. The largest absolute Gasteiger partial charge is 0.497 e. The zero-order valence-corrected chi connectivity index (χ0v) is 44.4. The van der Waals surface area contributed by atoms with Crippen LogP contribution in [-0.4, -0.2) is 102 Å². The van der Waals surface area contributed by atoms with Crippen molar-refractivity contribution < 1.29 is 43.3 Å². The van der Waals surface area contributed by atoms with Gasteiger partial charge in [0.2, 0.25) is 23.6 Å². The molecule has 0 aliphatic heterocycles. The van der Waals surface area contributed by atoms with Crippen LogP contribution in [0.4, 0.5) is 5.69 Å². The molecule has 398 valence electrons. The van der Waals surface area contributed by atoms with Gasteiger partial charge in [-0.05, 0) is 124 Å². The number of hydrogen-bond acceptors (Lipinski definition) is 11. The molecule has 17 heteroatoms. The van der Waals surface area contributed by atoms with Crippen molar-refractivity contribution >= 4 is 52.0 Å². The van der Waals surface area contributed by atoms with Crippen LogP contribution >= 0.6 is 0 Å². The Kier molecular flexibility index (Phi) is 23.9. The topological polar surface area (TPSA) is 238 Å². The third kappa shape index (κ3) is 19.3. The molecule has 0 spiro atoms. The minimum atomic E-state index is -1.10. The van der Waals surface area contributed by atoms with E-state index in [0.717, 1.165) is 41.6 Å². The number of aliphatic hydroxyl groups is 1. The first-order valence-electron chi connectivity index (χ1n) is 25.8. The normalized spacial score (nSPS) is 14.2. The van der Waals surface area contributed by atoms with E-state index in [4.69, 9.17) is 9.47 Å². The summed E-state index contributed by atoms with van der Waals surface area (Å²) in [5.41, 5.74) is 2.31. The van der Waals surface area contributed by atoms with E-state index in [1.807, 2.05) is 72.7 Å². The van der Waals surface area contributed by atoms with Crippen LogP contribution in [0.5, 0.6) is 17.2 Å². The minimum Gasteiger partial charge on any atom is -0.497 e. The number of fused-ring (bicyclic) bond motifs is 1. The Morgan fingerprint density at radius 2 is 1.29 bits per heavy atom. The number of ether oxygens (including phenoxy) is 2. The highest BCUT2D eigenvalue weighted by Gasteiger charge is 2.32. The monoisotopic (exact) mass is 1010 g/mol. The van der Waals surface area contributed by atoms with Crippen LogP contribution in [-0.2, 0) is 19.2 Å². The number of carbonyl (C=O) groups excluding carboxylic acids is 6. The fraction of sp³-hybridized carbons (Fsp3) is 0.518. The van der Waals surface area contributed by atoms with Crippen molar-refractivity contribution in [3.05, 3.63) is 90.1 Å². The van der Waals surface area contributed by atoms with Crippen LogP contribution in [0, 0.1) is 17.8 Å². The molecule has 3 aromatic carbocycles. The maximum atomic E-state index is 13.7. The molecule has 6 amide bonds.